The summed E-state index contributed by atoms with van der Waals surface area (Å²) in [6.07, 6.45) is 0.752. The van der Waals surface area contributed by atoms with Gasteiger partial charge in [-0.15, -0.1) is 0 Å². The molecule has 1 aromatic carbocycles. The fourth-order valence-corrected chi connectivity index (χ4v) is 3.18. The second-order valence-electron chi connectivity index (χ2n) is 4.61. The van der Waals surface area contributed by atoms with Crippen LogP contribution in [-0.2, 0) is 0 Å². The van der Waals surface area contributed by atoms with E-state index in [1.807, 2.05) is 13.0 Å². The van der Waals surface area contributed by atoms with E-state index in [9.17, 15) is 9.90 Å². The quantitative estimate of drug-likeness (QED) is 0.596. The van der Waals surface area contributed by atoms with Crippen LogP contribution in [0.4, 0.5) is 0 Å². The smallest absolute Gasteiger partial charge is 0.153 e. The zero-order chi connectivity index (χ0) is 10.9. The van der Waals surface area contributed by atoms with Crippen LogP contribution >= 0.6 is 0 Å². The summed E-state index contributed by atoms with van der Waals surface area (Å²) in [5, 5.41) is 10.7. The van der Waals surface area contributed by atoms with Crippen molar-refractivity contribution in [3.63, 3.8) is 0 Å². The molecule has 0 aliphatic rings. The van der Waals surface area contributed by atoms with E-state index in [-0.39, 0.29) is 5.75 Å². The number of aryl methyl sites for hydroxylation is 1. The Labute approximate surface area is 85.6 Å². The van der Waals surface area contributed by atoms with Crippen molar-refractivity contribution in [2.45, 2.75) is 26.6 Å². The maximum atomic E-state index is 10.9. The minimum Gasteiger partial charge on any atom is -0.507 e. The van der Waals surface area contributed by atoms with Gasteiger partial charge in [0.2, 0.25) is 0 Å². The number of hydrogen-bond donors (Lipinski definition) is 1. The molecule has 0 aromatic heterocycles. The lowest BCUT2D eigenvalue weighted by Gasteiger charge is -2.20. The Morgan fingerprint density at radius 2 is 1.86 bits per heavy atom. The highest BCUT2D eigenvalue weighted by molar-refractivity contribution is 6.89. The van der Waals surface area contributed by atoms with Crippen LogP contribution in [0.5, 0.6) is 5.75 Å². The van der Waals surface area contributed by atoms with Gasteiger partial charge >= 0.3 is 0 Å². The molecule has 0 saturated heterocycles. The predicted molar refractivity (Wildman–Crippen MR) is 61.2 cm³/mol. The van der Waals surface area contributed by atoms with Gasteiger partial charge in [0.15, 0.2) is 6.29 Å². The van der Waals surface area contributed by atoms with E-state index in [0.717, 1.165) is 17.0 Å². The van der Waals surface area contributed by atoms with E-state index < -0.39 is 8.07 Å². The molecule has 0 atom stereocenters. The van der Waals surface area contributed by atoms with E-state index in [2.05, 4.69) is 19.6 Å². The first-order valence-electron chi connectivity index (χ1n) is 4.65. The normalized spacial score (nSPS) is 11.4. The van der Waals surface area contributed by atoms with Gasteiger partial charge in [-0.1, -0.05) is 25.7 Å². The summed E-state index contributed by atoms with van der Waals surface area (Å²) in [4.78, 5) is 10.9. The van der Waals surface area contributed by atoms with Gasteiger partial charge < -0.3 is 5.11 Å². The summed E-state index contributed by atoms with van der Waals surface area (Å²) >= 11 is 0. The third-order valence-electron chi connectivity index (χ3n) is 2.23. The van der Waals surface area contributed by atoms with Gasteiger partial charge in [0, 0.05) is 0 Å². The molecule has 0 amide bonds. The second-order valence-corrected chi connectivity index (χ2v) is 9.65. The minimum atomic E-state index is -1.55. The Balaban J connectivity index is 3.48. The minimum absolute atomic E-state index is 0.109. The average molecular weight is 208 g/mol. The standard InChI is InChI=1S/C11H16O2Si/c1-8-5-10(13)9(7-12)11(6-8)14(2,3)4/h5-7,13H,1-4H3. The summed E-state index contributed by atoms with van der Waals surface area (Å²) in [7, 11) is -1.55. The Kier molecular flexibility index (Phi) is 2.80. The zero-order valence-corrected chi connectivity index (χ0v) is 10.1. The monoisotopic (exact) mass is 208 g/mol. The zero-order valence-electron chi connectivity index (χ0n) is 9.09. The maximum absolute atomic E-state index is 10.9. The predicted octanol–water partition coefficient (Wildman–Crippen LogP) is 2.06. The van der Waals surface area contributed by atoms with Crippen molar-refractivity contribution in [1.29, 1.82) is 0 Å². The molecule has 0 spiro atoms. The molecule has 0 unspecified atom stereocenters. The lowest BCUT2D eigenvalue weighted by Crippen LogP contribution is -2.40. The number of rotatable bonds is 2. The third kappa shape index (κ3) is 2.04. The molecule has 0 fully saturated rings. The maximum Gasteiger partial charge on any atom is 0.153 e. The van der Waals surface area contributed by atoms with Crippen LogP contribution in [0.15, 0.2) is 12.1 Å². The van der Waals surface area contributed by atoms with Crippen molar-refractivity contribution in [2.24, 2.45) is 0 Å². The van der Waals surface area contributed by atoms with Crippen LogP contribution in [0.2, 0.25) is 19.6 Å². The molecule has 1 N–H and O–H groups in total. The fraction of sp³-hybridized carbons (Fsp3) is 0.364. The van der Waals surface area contributed by atoms with Crippen molar-refractivity contribution < 1.29 is 9.90 Å². The second kappa shape index (κ2) is 3.57. The average Bonchev–Trinajstić information content (AvgIpc) is 2.01. The van der Waals surface area contributed by atoms with Crippen LogP contribution < -0.4 is 5.19 Å². The van der Waals surface area contributed by atoms with Gasteiger partial charge in [0.25, 0.3) is 0 Å². The molecule has 76 valence electrons. The molecule has 0 heterocycles. The molecular weight excluding hydrogens is 192 g/mol. The first kappa shape index (κ1) is 11.0. The van der Waals surface area contributed by atoms with E-state index in [1.54, 1.807) is 6.07 Å². The Morgan fingerprint density at radius 3 is 2.29 bits per heavy atom. The van der Waals surface area contributed by atoms with E-state index in [1.165, 1.54) is 0 Å². The van der Waals surface area contributed by atoms with Gasteiger partial charge in [-0.3, -0.25) is 4.79 Å². The van der Waals surface area contributed by atoms with E-state index in [4.69, 9.17) is 0 Å². The van der Waals surface area contributed by atoms with Crippen LogP contribution in [-0.4, -0.2) is 19.5 Å². The molecule has 14 heavy (non-hydrogen) atoms. The molecule has 0 saturated carbocycles. The first-order valence-corrected chi connectivity index (χ1v) is 8.15. The molecule has 2 nitrogen and oxygen atoms in total. The van der Waals surface area contributed by atoms with Crippen LogP contribution in [0.25, 0.3) is 0 Å². The van der Waals surface area contributed by atoms with Crippen LogP contribution in [0, 0.1) is 6.92 Å². The number of aromatic hydroxyl groups is 1. The van der Waals surface area contributed by atoms with Crippen molar-refractivity contribution in [2.75, 3.05) is 0 Å². The lowest BCUT2D eigenvalue weighted by molar-refractivity contribution is 0.112. The summed E-state index contributed by atoms with van der Waals surface area (Å²) in [6, 6.07) is 3.64. The highest BCUT2D eigenvalue weighted by atomic mass is 28.3. The third-order valence-corrected chi connectivity index (χ3v) is 4.26. The molecule has 0 aliphatic heterocycles. The number of aldehydes is 1. The highest BCUT2D eigenvalue weighted by Gasteiger charge is 2.22. The number of benzene rings is 1. The Morgan fingerprint density at radius 1 is 1.29 bits per heavy atom. The topological polar surface area (TPSA) is 37.3 Å². The van der Waals surface area contributed by atoms with Gasteiger partial charge in [-0.25, -0.2) is 0 Å². The first-order chi connectivity index (χ1) is 6.36. The number of phenols is 1. The van der Waals surface area contributed by atoms with Crippen molar-refractivity contribution in [1.82, 2.24) is 0 Å². The number of phenolic OH excluding ortho intramolecular Hbond substituents is 1. The fourth-order valence-electron chi connectivity index (χ4n) is 1.52. The number of carbonyl (C=O) groups excluding carboxylic acids is 1. The lowest BCUT2D eigenvalue weighted by atomic mass is 10.1. The molecule has 3 heteroatoms. The molecule has 0 aliphatic carbocycles. The highest BCUT2D eigenvalue weighted by Crippen LogP contribution is 2.18. The number of carbonyl (C=O) groups is 1. The Bertz CT molecular complexity index is 364. The molecular formula is C11H16O2Si. The molecule has 1 rings (SSSR count). The van der Waals surface area contributed by atoms with E-state index in [0.29, 0.717) is 5.56 Å². The van der Waals surface area contributed by atoms with Crippen molar-refractivity contribution >= 4 is 19.5 Å². The summed E-state index contributed by atoms with van der Waals surface area (Å²) in [6.45, 7) is 8.41. The summed E-state index contributed by atoms with van der Waals surface area (Å²) in [5.41, 5.74) is 1.47. The molecule has 1 aromatic rings. The van der Waals surface area contributed by atoms with Crippen molar-refractivity contribution in [3.05, 3.63) is 23.3 Å². The largest absolute Gasteiger partial charge is 0.507 e. The van der Waals surface area contributed by atoms with Gasteiger partial charge in [0.05, 0.1) is 13.6 Å². The summed E-state index contributed by atoms with van der Waals surface area (Å²) < 4.78 is 0. The van der Waals surface area contributed by atoms with Crippen molar-refractivity contribution in [3.8, 4) is 5.75 Å². The number of hydrogen-bond acceptors (Lipinski definition) is 2. The summed E-state index contributed by atoms with van der Waals surface area (Å²) in [5.74, 6) is 0.109. The van der Waals surface area contributed by atoms with E-state index >= 15 is 0 Å². The SMILES string of the molecule is Cc1cc(O)c(C=O)c([Si](C)(C)C)c1. The van der Waals surface area contributed by atoms with Gasteiger partial charge in [0.1, 0.15) is 5.75 Å². The molecule has 0 bridgehead atoms. The van der Waals surface area contributed by atoms with Crippen LogP contribution in [0.3, 0.4) is 0 Å². The molecule has 0 radical (unpaired) electrons. The Hall–Kier alpha value is -1.09. The van der Waals surface area contributed by atoms with Gasteiger partial charge in [-0.2, -0.15) is 0 Å². The van der Waals surface area contributed by atoms with Gasteiger partial charge in [-0.05, 0) is 23.7 Å². The van der Waals surface area contributed by atoms with Crippen LogP contribution in [0.1, 0.15) is 15.9 Å².